The topological polar surface area (TPSA) is 75.2 Å². The molecule has 10 heteroatoms. The number of ether oxygens (including phenoxy) is 2. The van der Waals surface area contributed by atoms with Crippen molar-refractivity contribution in [3.63, 3.8) is 0 Å². The molecule has 0 saturated heterocycles. The van der Waals surface area contributed by atoms with Crippen LogP contribution in [0.15, 0.2) is 40.7 Å². The lowest BCUT2D eigenvalue weighted by atomic mass is 10.2. The van der Waals surface area contributed by atoms with Crippen LogP contribution in [0, 0.1) is 0 Å². The van der Waals surface area contributed by atoms with E-state index in [0.717, 1.165) is 4.88 Å². The van der Waals surface area contributed by atoms with E-state index in [0.29, 0.717) is 23.8 Å². The molecule has 0 fully saturated rings. The molecule has 0 radical (unpaired) electrons. The van der Waals surface area contributed by atoms with Crippen molar-refractivity contribution in [2.75, 3.05) is 27.7 Å². The molecular weight excluding hydrogens is 402 g/mol. The van der Waals surface area contributed by atoms with Crippen LogP contribution in [-0.2, 0) is 17.9 Å². The van der Waals surface area contributed by atoms with Gasteiger partial charge in [-0.25, -0.2) is 4.99 Å². The molecule has 0 aliphatic carbocycles. The summed E-state index contributed by atoms with van der Waals surface area (Å²) in [5, 5.41) is 8.05. The molecule has 1 aromatic carbocycles. The normalized spacial score (nSPS) is 11.3. The number of aliphatic imine (C=N–C) groups is 1. The smallest absolute Gasteiger partial charge is 0.387 e. The average molecular weight is 426 g/mol. The van der Waals surface area contributed by atoms with Gasteiger partial charge in [0.05, 0.1) is 26.7 Å². The predicted octanol–water partition coefficient (Wildman–Crippen LogP) is 2.68. The molecule has 2 aromatic rings. The van der Waals surface area contributed by atoms with Gasteiger partial charge in [0.15, 0.2) is 5.96 Å². The Morgan fingerprint density at radius 2 is 2.07 bits per heavy atom. The molecule has 158 valence electrons. The number of methoxy groups -OCH3 is 1. The monoisotopic (exact) mass is 426 g/mol. The number of amides is 1. The molecule has 1 aromatic heterocycles. The Morgan fingerprint density at radius 1 is 1.28 bits per heavy atom. The highest BCUT2D eigenvalue weighted by Gasteiger charge is 2.12. The second-order valence-corrected chi connectivity index (χ2v) is 7.12. The minimum absolute atomic E-state index is 0.0199. The fourth-order valence-corrected chi connectivity index (χ4v) is 2.90. The Labute approximate surface area is 172 Å². The van der Waals surface area contributed by atoms with Crippen molar-refractivity contribution in [2.45, 2.75) is 19.7 Å². The number of nitrogens with zero attached hydrogens (tertiary/aromatic N) is 2. The number of hydrogen-bond donors (Lipinski definition) is 2. The van der Waals surface area contributed by atoms with Crippen LogP contribution in [0.3, 0.4) is 0 Å². The maximum Gasteiger partial charge on any atom is 0.387 e. The SMILES string of the molecule is COc1ccc(OC(F)F)c(CN=C(NCC(=O)N(C)C)NCc2cccs2)c1. The highest BCUT2D eigenvalue weighted by molar-refractivity contribution is 7.09. The summed E-state index contributed by atoms with van der Waals surface area (Å²) < 4.78 is 35.1. The number of carbonyl (C=O) groups is 1. The Hall–Kier alpha value is -2.88. The summed E-state index contributed by atoms with van der Waals surface area (Å²) in [6.07, 6.45) is 0. The zero-order chi connectivity index (χ0) is 21.2. The van der Waals surface area contributed by atoms with Crippen molar-refractivity contribution in [3.8, 4) is 11.5 Å². The molecule has 2 N–H and O–H groups in total. The van der Waals surface area contributed by atoms with Gasteiger partial charge in [0.25, 0.3) is 0 Å². The number of halogens is 2. The van der Waals surface area contributed by atoms with E-state index in [1.165, 1.54) is 24.1 Å². The number of carbonyl (C=O) groups excluding carboxylic acids is 1. The first-order chi connectivity index (χ1) is 13.9. The van der Waals surface area contributed by atoms with Gasteiger partial charge in [0.1, 0.15) is 11.5 Å². The van der Waals surface area contributed by atoms with Gasteiger partial charge in [-0.1, -0.05) is 6.07 Å². The summed E-state index contributed by atoms with van der Waals surface area (Å²) in [6.45, 7) is -2.34. The Kier molecular flexibility index (Phi) is 8.66. The van der Waals surface area contributed by atoms with Crippen molar-refractivity contribution < 1.29 is 23.0 Å². The van der Waals surface area contributed by atoms with Gasteiger partial charge >= 0.3 is 6.61 Å². The maximum atomic E-state index is 12.7. The minimum atomic E-state index is -2.95. The van der Waals surface area contributed by atoms with Gasteiger partial charge in [-0.15, -0.1) is 11.3 Å². The van der Waals surface area contributed by atoms with Crippen molar-refractivity contribution in [3.05, 3.63) is 46.2 Å². The number of hydrogen-bond acceptors (Lipinski definition) is 5. The predicted molar refractivity (Wildman–Crippen MR) is 109 cm³/mol. The fraction of sp³-hybridized carbons (Fsp3) is 0.368. The molecule has 1 heterocycles. The molecule has 0 spiro atoms. The number of nitrogens with one attached hydrogen (secondary N) is 2. The number of benzene rings is 1. The van der Waals surface area contributed by atoms with Crippen LogP contribution >= 0.6 is 11.3 Å². The first kappa shape index (κ1) is 22.4. The van der Waals surface area contributed by atoms with E-state index in [1.54, 1.807) is 31.5 Å². The molecule has 0 saturated carbocycles. The largest absolute Gasteiger partial charge is 0.497 e. The van der Waals surface area contributed by atoms with Gasteiger partial charge < -0.3 is 25.0 Å². The van der Waals surface area contributed by atoms with Crippen LogP contribution in [0.4, 0.5) is 8.78 Å². The van der Waals surface area contributed by atoms with Crippen LogP contribution in [0.25, 0.3) is 0 Å². The van der Waals surface area contributed by atoms with Crippen molar-refractivity contribution in [2.24, 2.45) is 4.99 Å². The summed E-state index contributed by atoms with van der Waals surface area (Å²) in [5.41, 5.74) is 0.431. The van der Waals surface area contributed by atoms with E-state index in [9.17, 15) is 13.6 Å². The van der Waals surface area contributed by atoms with Gasteiger partial charge in [-0.2, -0.15) is 8.78 Å². The van der Waals surface area contributed by atoms with Crippen molar-refractivity contribution >= 4 is 23.2 Å². The highest BCUT2D eigenvalue weighted by atomic mass is 32.1. The highest BCUT2D eigenvalue weighted by Crippen LogP contribution is 2.26. The molecule has 0 bridgehead atoms. The van der Waals surface area contributed by atoms with Crippen LogP contribution in [0.5, 0.6) is 11.5 Å². The summed E-state index contributed by atoms with van der Waals surface area (Å²) in [6, 6.07) is 8.44. The molecule has 0 unspecified atom stereocenters. The zero-order valence-corrected chi connectivity index (χ0v) is 17.3. The van der Waals surface area contributed by atoms with E-state index in [2.05, 4.69) is 20.4 Å². The van der Waals surface area contributed by atoms with Crippen LogP contribution in [0.1, 0.15) is 10.4 Å². The summed E-state index contributed by atoms with van der Waals surface area (Å²) in [5.74, 6) is 0.769. The third kappa shape index (κ3) is 7.57. The number of likely N-dealkylation sites (N-methyl/N-ethyl adjacent to an activating group) is 1. The van der Waals surface area contributed by atoms with Crippen LogP contribution < -0.4 is 20.1 Å². The molecule has 1 amide bonds. The van der Waals surface area contributed by atoms with Gasteiger partial charge in [-0.3, -0.25) is 4.79 Å². The van der Waals surface area contributed by atoms with Crippen LogP contribution in [0.2, 0.25) is 0 Å². The maximum absolute atomic E-state index is 12.7. The lowest BCUT2D eigenvalue weighted by Crippen LogP contribution is -2.42. The van der Waals surface area contributed by atoms with Gasteiger partial charge in [0.2, 0.25) is 5.91 Å². The van der Waals surface area contributed by atoms with E-state index < -0.39 is 6.61 Å². The van der Waals surface area contributed by atoms with E-state index >= 15 is 0 Å². The second kappa shape index (κ2) is 11.2. The van der Waals surface area contributed by atoms with E-state index in [1.807, 2.05) is 17.5 Å². The third-order valence-electron chi connectivity index (χ3n) is 3.81. The Bertz CT molecular complexity index is 814. The number of thiophene rings is 1. The molecule has 0 aliphatic rings. The summed E-state index contributed by atoms with van der Waals surface area (Å²) in [4.78, 5) is 18.8. The molecular formula is C19H24F2N4O3S. The lowest BCUT2D eigenvalue weighted by Gasteiger charge is -2.15. The standard InChI is InChI=1S/C19H24F2N4O3S/c1-25(2)17(26)12-24-19(23-11-15-5-4-8-29-15)22-10-13-9-14(27-3)6-7-16(13)28-18(20)21/h4-9,18H,10-12H2,1-3H3,(H2,22,23,24). The molecule has 2 rings (SSSR count). The average Bonchev–Trinajstić information content (AvgIpc) is 3.21. The summed E-state index contributed by atoms with van der Waals surface area (Å²) in [7, 11) is 4.80. The van der Waals surface area contributed by atoms with Gasteiger partial charge in [-0.05, 0) is 29.6 Å². The molecule has 0 aliphatic heterocycles. The first-order valence-electron chi connectivity index (χ1n) is 8.75. The second-order valence-electron chi connectivity index (χ2n) is 6.09. The zero-order valence-electron chi connectivity index (χ0n) is 16.4. The van der Waals surface area contributed by atoms with Gasteiger partial charge in [0, 0.05) is 24.5 Å². The van der Waals surface area contributed by atoms with Crippen molar-refractivity contribution in [1.82, 2.24) is 15.5 Å². The Balaban J connectivity index is 2.16. The first-order valence-corrected chi connectivity index (χ1v) is 9.63. The van der Waals surface area contributed by atoms with E-state index in [-0.39, 0.29) is 24.7 Å². The summed E-state index contributed by atoms with van der Waals surface area (Å²) >= 11 is 1.58. The minimum Gasteiger partial charge on any atom is -0.497 e. The molecule has 0 atom stereocenters. The van der Waals surface area contributed by atoms with Crippen molar-refractivity contribution in [1.29, 1.82) is 0 Å². The third-order valence-corrected chi connectivity index (χ3v) is 4.68. The number of guanidine groups is 1. The molecule has 7 nitrogen and oxygen atoms in total. The van der Waals surface area contributed by atoms with E-state index in [4.69, 9.17) is 4.74 Å². The number of rotatable bonds is 9. The number of alkyl halides is 2. The quantitative estimate of drug-likeness (QED) is 0.476. The Morgan fingerprint density at radius 3 is 2.69 bits per heavy atom. The molecule has 29 heavy (non-hydrogen) atoms. The van der Waals surface area contributed by atoms with Crippen LogP contribution in [-0.4, -0.2) is 51.1 Å². The lowest BCUT2D eigenvalue weighted by molar-refractivity contribution is -0.127. The fourth-order valence-electron chi connectivity index (χ4n) is 2.26.